The zero-order chi connectivity index (χ0) is 11.2. The second-order valence-electron chi connectivity index (χ2n) is 5.32. The van der Waals surface area contributed by atoms with Crippen molar-refractivity contribution in [2.75, 3.05) is 0 Å². The molecular weight excluding hydrogens is 184 g/mol. The van der Waals surface area contributed by atoms with E-state index in [1.165, 1.54) is 16.5 Å². The van der Waals surface area contributed by atoms with Crippen LogP contribution in [0.15, 0.2) is 22.6 Å². The zero-order valence-corrected chi connectivity index (χ0v) is 10.1. The topological polar surface area (TPSA) is 13.1 Å². The van der Waals surface area contributed by atoms with Crippen molar-refractivity contribution in [3.8, 4) is 0 Å². The van der Waals surface area contributed by atoms with Gasteiger partial charge in [0.25, 0.3) is 0 Å². The Bertz CT molecular complexity index is 498. The van der Waals surface area contributed by atoms with Gasteiger partial charge in [-0.05, 0) is 42.5 Å². The molecule has 1 nitrogen and oxygen atoms in total. The summed E-state index contributed by atoms with van der Waals surface area (Å²) < 4.78 is 5.67. The molecule has 2 rings (SSSR count). The monoisotopic (exact) mass is 202 g/mol. The van der Waals surface area contributed by atoms with Gasteiger partial charge in [-0.15, -0.1) is 0 Å². The molecule has 80 valence electrons. The van der Waals surface area contributed by atoms with Crippen LogP contribution in [0.2, 0.25) is 0 Å². The van der Waals surface area contributed by atoms with Gasteiger partial charge in [-0.1, -0.05) is 26.8 Å². The molecule has 0 atom stereocenters. The van der Waals surface area contributed by atoms with Gasteiger partial charge < -0.3 is 4.42 Å². The lowest BCUT2D eigenvalue weighted by Crippen LogP contribution is -2.10. The SMILES string of the molecule is Cc1cc2cc(C(C)(C)C)cc(C)c2o1. The summed E-state index contributed by atoms with van der Waals surface area (Å²) in [6.45, 7) is 10.8. The second-order valence-corrected chi connectivity index (χ2v) is 5.32. The van der Waals surface area contributed by atoms with E-state index in [2.05, 4.69) is 45.9 Å². The van der Waals surface area contributed by atoms with Gasteiger partial charge in [-0.2, -0.15) is 0 Å². The van der Waals surface area contributed by atoms with E-state index in [1.807, 2.05) is 6.92 Å². The standard InChI is InChI=1S/C14H18O/c1-9-6-12(14(3,4)5)8-11-7-10(2)15-13(9)11/h6-8H,1-5H3. The molecule has 0 fully saturated rings. The van der Waals surface area contributed by atoms with Crippen LogP contribution in [0.1, 0.15) is 37.7 Å². The number of hydrogen-bond acceptors (Lipinski definition) is 1. The second kappa shape index (κ2) is 3.13. The van der Waals surface area contributed by atoms with Crippen LogP contribution in [0.5, 0.6) is 0 Å². The number of rotatable bonds is 0. The molecule has 0 aliphatic rings. The molecule has 0 unspecified atom stereocenters. The molecule has 2 aromatic rings. The molecule has 0 saturated carbocycles. The lowest BCUT2D eigenvalue weighted by molar-refractivity contribution is 0.573. The molecule has 0 bridgehead atoms. The molecule has 1 aromatic carbocycles. The third-order valence-corrected chi connectivity index (χ3v) is 2.79. The van der Waals surface area contributed by atoms with Gasteiger partial charge in [0.1, 0.15) is 11.3 Å². The highest BCUT2D eigenvalue weighted by atomic mass is 16.3. The van der Waals surface area contributed by atoms with Crippen LogP contribution in [0.25, 0.3) is 11.0 Å². The summed E-state index contributed by atoms with van der Waals surface area (Å²) in [5.74, 6) is 0.985. The molecule has 0 radical (unpaired) electrons. The van der Waals surface area contributed by atoms with Crippen molar-refractivity contribution in [3.05, 3.63) is 35.1 Å². The number of furan rings is 1. The summed E-state index contributed by atoms with van der Waals surface area (Å²) >= 11 is 0. The summed E-state index contributed by atoms with van der Waals surface area (Å²) in [5, 5.41) is 1.22. The number of fused-ring (bicyclic) bond motifs is 1. The predicted octanol–water partition coefficient (Wildman–Crippen LogP) is 4.35. The van der Waals surface area contributed by atoms with Crippen LogP contribution in [-0.2, 0) is 5.41 Å². The molecule has 1 heteroatoms. The van der Waals surface area contributed by atoms with Crippen molar-refractivity contribution in [2.45, 2.75) is 40.0 Å². The van der Waals surface area contributed by atoms with Gasteiger partial charge in [0.05, 0.1) is 0 Å². The van der Waals surface area contributed by atoms with Gasteiger partial charge in [-0.25, -0.2) is 0 Å². The summed E-state index contributed by atoms with van der Waals surface area (Å²) in [7, 11) is 0. The number of hydrogen-bond donors (Lipinski definition) is 0. The van der Waals surface area contributed by atoms with Gasteiger partial charge in [0.2, 0.25) is 0 Å². The zero-order valence-electron chi connectivity index (χ0n) is 10.1. The summed E-state index contributed by atoms with van der Waals surface area (Å²) in [6, 6.07) is 6.57. The van der Waals surface area contributed by atoms with E-state index in [0.717, 1.165) is 11.3 Å². The molecule has 0 spiro atoms. The Morgan fingerprint density at radius 2 is 1.67 bits per heavy atom. The van der Waals surface area contributed by atoms with Crippen LogP contribution in [0, 0.1) is 13.8 Å². The van der Waals surface area contributed by atoms with E-state index in [4.69, 9.17) is 4.42 Å². The molecule has 1 aromatic heterocycles. The normalized spacial score (nSPS) is 12.3. The van der Waals surface area contributed by atoms with Crippen LogP contribution >= 0.6 is 0 Å². The molecule has 0 N–H and O–H groups in total. The summed E-state index contributed by atoms with van der Waals surface area (Å²) in [5.41, 5.74) is 3.82. The van der Waals surface area contributed by atoms with Gasteiger partial charge in [0, 0.05) is 5.39 Å². The first-order valence-electron chi connectivity index (χ1n) is 5.39. The van der Waals surface area contributed by atoms with E-state index in [9.17, 15) is 0 Å². The minimum atomic E-state index is 0.199. The van der Waals surface area contributed by atoms with Crippen LogP contribution in [0.3, 0.4) is 0 Å². The lowest BCUT2D eigenvalue weighted by Gasteiger charge is -2.19. The molecule has 0 amide bonds. The van der Waals surface area contributed by atoms with E-state index in [1.54, 1.807) is 0 Å². The van der Waals surface area contributed by atoms with Crippen LogP contribution in [-0.4, -0.2) is 0 Å². The minimum Gasteiger partial charge on any atom is -0.461 e. The third kappa shape index (κ3) is 1.79. The smallest absolute Gasteiger partial charge is 0.137 e. The maximum atomic E-state index is 5.67. The fourth-order valence-electron chi connectivity index (χ4n) is 1.89. The van der Waals surface area contributed by atoms with Crippen molar-refractivity contribution in [1.29, 1.82) is 0 Å². The van der Waals surface area contributed by atoms with Gasteiger partial charge in [-0.3, -0.25) is 0 Å². The Hall–Kier alpha value is -1.24. The number of aryl methyl sites for hydroxylation is 2. The molecule has 0 saturated heterocycles. The Kier molecular flexibility index (Phi) is 2.14. The van der Waals surface area contributed by atoms with E-state index in [0.29, 0.717) is 0 Å². The maximum Gasteiger partial charge on any atom is 0.137 e. The average molecular weight is 202 g/mol. The highest BCUT2D eigenvalue weighted by Gasteiger charge is 2.16. The predicted molar refractivity (Wildman–Crippen MR) is 64.4 cm³/mol. The first-order valence-corrected chi connectivity index (χ1v) is 5.39. The third-order valence-electron chi connectivity index (χ3n) is 2.79. The highest BCUT2D eigenvalue weighted by molar-refractivity contribution is 5.82. The van der Waals surface area contributed by atoms with Crippen molar-refractivity contribution < 1.29 is 4.42 Å². The average Bonchev–Trinajstić information content (AvgIpc) is 2.44. The first-order chi connectivity index (χ1) is 6.88. The molecular formula is C14H18O. The summed E-state index contributed by atoms with van der Waals surface area (Å²) in [6.07, 6.45) is 0. The molecule has 15 heavy (non-hydrogen) atoms. The van der Waals surface area contributed by atoms with Crippen LogP contribution < -0.4 is 0 Å². The van der Waals surface area contributed by atoms with E-state index in [-0.39, 0.29) is 5.41 Å². The van der Waals surface area contributed by atoms with E-state index < -0.39 is 0 Å². The Balaban J connectivity index is 2.72. The lowest BCUT2D eigenvalue weighted by atomic mass is 9.85. The Morgan fingerprint density at radius 1 is 1.00 bits per heavy atom. The largest absolute Gasteiger partial charge is 0.461 e. The van der Waals surface area contributed by atoms with Crippen molar-refractivity contribution >= 4 is 11.0 Å². The summed E-state index contributed by atoms with van der Waals surface area (Å²) in [4.78, 5) is 0. The highest BCUT2D eigenvalue weighted by Crippen LogP contribution is 2.30. The fourth-order valence-corrected chi connectivity index (χ4v) is 1.89. The Labute approximate surface area is 91.1 Å². The maximum absolute atomic E-state index is 5.67. The fraction of sp³-hybridized carbons (Fsp3) is 0.429. The Morgan fingerprint density at radius 3 is 2.27 bits per heavy atom. The quantitative estimate of drug-likeness (QED) is 0.619. The van der Waals surface area contributed by atoms with Crippen LogP contribution in [0.4, 0.5) is 0 Å². The van der Waals surface area contributed by atoms with Gasteiger partial charge >= 0.3 is 0 Å². The minimum absolute atomic E-state index is 0.199. The van der Waals surface area contributed by atoms with Crippen molar-refractivity contribution in [1.82, 2.24) is 0 Å². The van der Waals surface area contributed by atoms with Crippen molar-refractivity contribution in [2.24, 2.45) is 0 Å². The van der Waals surface area contributed by atoms with Gasteiger partial charge in [0.15, 0.2) is 0 Å². The van der Waals surface area contributed by atoms with Crippen molar-refractivity contribution in [3.63, 3.8) is 0 Å². The molecule has 0 aliphatic carbocycles. The van der Waals surface area contributed by atoms with E-state index >= 15 is 0 Å². The molecule has 1 heterocycles. The molecule has 0 aliphatic heterocycles. The first kappa shape index (κ1) is 10.3. The number of benzene rings is 1.